The fourth-order valence-corrected chi connectivity index (χ4v) is 3.82. The van der Waals surface area contributed by atoms with Gasteiger partial charge >= 0.3 is 0 Å². The van der Waals surface area contributed by atoms with E-state index < -0.39 is 5.60 Å². The van der Waals surface area contributed by atoms with Crippen molar-refractivity contribution in [3.63, 3.8) is 0 Å². The first-order chi connectivity index (χ1) is 14.4. The Morgan fingerprint density at radius 2 is 1.67 bits per heavy atom. The molecule has 2 aromatic carbocycles. The molecule has 1 unspecified atom stereocenters. The van der Waals surface area contributed by atoms with E-state index in [1.165, 1.54) is 5.56 Å². The summed E-state index contributed by atoms with van der Waals surface area (Å²) in [5.74, 6) is 1.28. The molecule has 0 aliphatic heterocycles. The van der Waals surface area contributed by atoms with Crippen LogP contribution < -0.4 is 4.74 Å². The summed E-state index contributed by atoms with van der Waals surface area (Å²) in [6.07, 6.45) is 5.77. The highest BCUT2D eigenvalue weighted by molar-refractivity contribution is 5.33. The second-order valence-corrected chi connectivity index (χ2v) is 8.36. The van der Waals surface area contributed by atoms with Crippen LogP contribution in [0, 0.1) is 0 Å². The zero-order valence-corrected chi connectivity index (χ0v) is 18.7. The average Bonchev–Trinajstić information content (AvgIpc) is 2.80. The molecule has 0 saturated carbocycles. The van der Waals surface area contributed by atoms with Gasteiger partial charge in [-0.1, -0.05) is 57.9 Å². The topological polar surface area (TPSA) is 69.9 Å². The molecule has 4 heteroatoms. The summed E-state index contributed by atoms with van der Waals surface area (Å²) >= 11 is 0. The minimum Gasteiger partial charge on any atom is -0.489 e. The van der Waals surface area contributed by atoms with E-state index in [4.69, 9.17) is 4.74 Å². The summed E-state index contributed by atoms with van der Waals surface area (Å²) < 4.78 is 5.98. The molecule has 2 aromatic rings. The molecule has 0 amide bonds. The fourth-order valence-electron chi connectivity index (χ4n) is 3.82. The van der Waals surface area contributed by atoms with Crippen molar-refractivity contribution < 1.29 is 20.1 Å². The first-order valence-corrected chi connectivity index (χ1v) is 11.2. The Labute approximate surface area is 181 Å². The van der Waals surface area contributed by atoms with Crippen LogP contribution in [0.3, 0.4) is 0 Å². The maximum atomic E-state index is 10.4. The van der Waals surface area contributed by atoms with Crippen molar-refractivity contribution in [3.05, 3.63) is 64.7 Å². The smallest absolute Gasteiger partial charge is 0.120 e. The Bertz CT molecular complexity index is 767. The number of aliphatic hydroxyl groups excluding tert-OH is 2. The van der Waals surface area contributed by atoms with E-state index in [1.54, 1.807) is 0 Å². The van der Waals surface area contributed by atoms with Gasteiger partial charge in [0, 0.05) is 0 Å². The van der Waals surface area contributed by atoms with E-state index in [1.807, 2.05) is 30.3 Å². The van der Waals surface area contributed by atoms with Crippen LogP contribution in [-0.2, 0) is 19.8 Å². The van der Waals surface area contributed by atoms with Crippen LogP contribution in [0.5, 0.6) is 5.75 Å². The molecule has 3 N–H and O–H groups in total. The quantitative estimate of drug-likeness (QED) is 0.380. The van der Waals surface area contributed by atoms with Crippen LogP contribution in [0.15, 0.2) is 42.5 Å². The number of rotatable bonds is 13. The average molecular weight is 415 g/mol. The SMILES string of the molecule is CCC(O)(CC)CCCCC(C)c1cccc(OCc2ccc(CO)c(CO)c2)c1. The fraction of sp³-hybridized carbons (Fsp3) is 0.538. The van der Waals surface area contributed by atoms with Crippen molar-refractivity contribution in [2.75, 3.05) is 0 Å². The minimum absolute atomic E-state index is 0.0762. The van der Waals surface area contributed by atoms with Crippen molar-refractivity contribution in [2.45, 2.75) is 90.6 Å². The number of ether oxygens (including phenoxy) is 1. The zero-order chi connectivity index (χ0) is 22.0. The zero-order valence-electron chi connectivity index (χ0n) is 18.7. The van der Waals surface area contributed by atoms with E-state index >= 15 is 0 Å². The van der Waals surface area contributed by atoms with Crippen molar-refractivity contribution in [1.29, 1.82) is 0 Å². The van der Waals surface area contributed by atoms with Gasteiger partial charge < -0.3 is 20.1 Å². The molecule has 0 spiro atoms. The summed E-state index contributed by atoms with van der Waals surface area (Å²) in [4.78, 5) is 0. The van der Waals surface area contributed by atoms with Gasteiger partial charge in [-0.25, -0.2) is 0 Å². The van der Waals surface area contributed by atoms with Crippen LogP contribution in [0.4, 0.5) is 0 Å². The van der Waals surface area contributed by atoms with E-state index in [9.17, 15) is 15.3 Å². The van der Waals surface area contributed by atoms with Gasteiger partial charge in [0.2, 0.25) is 0 Å². The summed E-state index contributed by atoms with van der Waals surface area (Å²) in [5, 5.41) is 29.2. The minimum atomic E-state index is -0.498. The molecule has 0 aromatic heterocycles. The second kappa shape index (κ2) is 12.1. The predicted octanol–water partition coefficient (Wildman–Crippen LogP) is 5.47. The van der Waals surface area contributed by atoms with Crippen LogP contribution >= 0.6 is 0 Å². The first kappa shape index (κ1) is 24.4. The molecule has 4 nitrogen and oxygen atoms in total. The van der Waals surface area contributed by atoms with Crippen molar-refractivity contribution in [2.24, 2.45) is 0 Å². The van der Waals surface area contributed by atoms with Gasteiger partial charge in [-0.2, -0.15) is 0 Å². The molecule has 30 heavy (non-hydrogen) atoms. The number of aliphatic hydroxyl groups is 3. The number of hydrogen-bond acceptors (Lipinski definition) is 4. The molecule has 0 aliphatic carbocycles. The maximum absolute atomic E-state index is 10.4. The van der Waals surface area contributed by atoms with Gasteiger partial charge in [-0.3, -0.25) is 0 Å². The molecule has 0 aliphatic rings. The van der Waals surface area contributed by atoms with Gasteiger partial charge in [-0.05, 0) is 72.1 Å². The highest BCUT2D eigenvalue weighted by atomic mass is 16.5. The van der Waals surface area contributed by atoms with Crippen LogP contribution in [0.2, 0.25) is 0 Å². The lowest BCUT2D eigenvalue weighted by atomic mass is 9.89. The molecule has 2 rings (SSSR count). The lowest BCUT2D eigenvalue weighted by Crippen LogP contribution is -2.26. The molecular formula is C26H38O4. The van der Waals surface area contributed by atoms with Gasteiger partial charge in [-0.15, -0.1) is 0 Å². The highest BCUT2D eigenvalue weighted by Gasteiger charge is 2.21. The molecule has 0 radical (unpaired) electrons. The first-order valence-electron chi connectivity index (χ1n) is 11.2. The summed E-state index contributed by atoms with van der Waals surface area (Å²) in [5.41, 5.74) is 3.21. The Hall–Kier alpha value is -1.88. The predicted molar refractivity (Wildman–Crippen MR) is 121 cm³/mol. The van der Waals surface area contributed by atoms with E-state index in [0.29, 0.717) is 12.5 Å². The molecule has 1 atom stereocenters. The molecule has 166 valence electrons. The van der Waals surface area contributed by atoms with Gasteiger partial charge in [0.05, 0.1) is 18.8 Å². The van der Waals surface area contributed by atoms with Gasteiger partial charge in [0.1, 0.15) is 12.4 Å². The lowest BCUT2D eigenvalue weighted by molar-refractivity contribution is 0.0210. The van der Waals surface area contributed by atoms with E-state index in [-0.39, 0.29) is 13.2 Å². The number of benzene rings is 2. The van der Waals surface area contributed by atoms with Crippen molar-refractivity contribution in [1.82, 2.24) is 0 Å². The Kier molecular flexibility index (Phi) is 9.83. The standard InChI is InChI=1S/C26H38O4/c1-4-26(29,5-2)14-7-6-9-20(3)22-10-8-11-25(16-22)30-19-21-12-13-23(17-27)24(15-21)18-28/h8,10-13,15-16,20,27-29H,4-7,9,14,17-19H2,1-3H3. The third kappa shape index (κ3) is 7.12. The molecule has 0 bridgehead atoms. The third-order valence-electron chi connectivity index (χ3n) is 6.29. The highest BCUT2D eigenvalue weighted by Crippen LogP contribution is 2.28. The van der Waals surface area contributed by atoms with Crippen LogP contribution in [0.1, 0.15) is 87.5 Å². The number of hydrogen-bond donors (Lipinski definition) is 3. The largest absolute Gasteiger partial charge is 0.489 e. The summed E-state index contributed by atoms with van der Waals surface area (Å²) in [7, 11) is 0. The van der Waals surface area contributed by atoms with E-state index in [0.717, 1.165) is 61.0 Å². The van der Waals surface area contributed by atoms with Crippen LogP contribution in [0.25, 0.3) is 0 Å². The van der Waals surface area contributed by atoms with E-state index in [2.05, 4.69) is 32.9 Å². The van der Waals surface area contributed by atoms with Gasteiger partial charge in [0.15, 0.2) is 0 Å². The van der Waals surface area contributed by atoms with Crippen molar-refractivity contribution in [3.8, 4) is 5.75 Å². The molecular weight excluding hydrogens is 376 g/mol. The van der Waals surface area contributed by atoms with Gasteiger partial charge in [0.25, 0.3) is 0 Å². The molecule has 0 fully saturated rings. The monoisotopic (exact) mass is 414 g/mol. The molecule has 0 saturated heterocycles. The number of unbranched alkanes of at least 4 members (excludes halogenated alkanes) is 1. The Balaban J connectivity index is 1.88. The molecule has 0 heterocycles. The maximum Gasteiger partial charge on any atom is 0.120 e. The normalized spacial score (nSPS) is 12.7. The van der Waals surface area contributed by atoms with Crippen LogP contribution in [-0.4, -0.2) is 20.9 Å². The second-order valence-electron chi connectivity index (χ2n) is 8.36. The third-order valence-corrected chi connectivity index (χ3v) is 6.29. The summed E-state index contributed by atoms with van der Waals surface area (Å²) in [6, 6.07) is 13.9. The summed E-state index contributed by atoms with van der Waals surface area (Å²) in [6.45, 7) is 6.61. The lowest BCUT2D eigenvalue weighted by Gasteiger charge is -2.25. The Morgan fingerprint density at radius 1 is 0.933 bits per heavy atom. The van der Waals surface area contributed by atoms with Crippen molar-refractivity contribution >= 4 is 0 Å². The Morgan fingerprint density at radius 3 is 2.33 bits per heavy atom.